The van der Waals surface area contributed by atoms with E-state index in [0.717, 1.165) is 0 Å². The third-order valence-electron chi connectivity index (χ3n) is 4.70. The van der Waals surface area contributed by atoms with E-state index in [9.17, 15) is 75.0 Å². The molecule has 2 aliphatic rings. The van der Waals surface area contributed by atoms with Crippen LogP contribution in [0.25, 0.3) is 0 Å². The lowest BCUT2D eigenvalue weighted by Gasteiger charge is -2.45. The highest BCUT2D eigenvalue weighted by atomic mass is 19.4. The fourth-order valence-electron chi connectivity index (χ4n) is 3.11. The van der Waals surface area contributed by atoms with E-state index in [0.29, 0.717) is 0 Å². The molecule has 2 aliphatic carbocycles. The molecule has 4 atom stereocenters. The van der Waals surface area contributed by atoms with Gasteiger partial charge in [-0.15, -0.1) is 0 Å². The summed E-state index contributed by atoms with van der Waals surface area (Å²) in [4.78, 5) is 12.3. The molecule has 0 aliphatic heterocycles. The lowest BCUT2D eigenvalue weighted by molar-refractivity contribution is -0.262. The van der Waals surface area contributed by atoms with Crippen LogP contribution in [0.4, 0.5) is 70.2 Å². The molecule has 0 aromatic carbocycles. The molecule has 2 rings (SSSR count). The Kier molecular flexibility index (Phi) is 5.85. The van der Waals surface area contributed by atoms with Crippen LogP contribution in [0.2, 0.25) is 0 Å². The fraction of sp³-hybridized carbons (Fsp3) is 0.400. The summed E-state index contributed by atoms with van der Waals surface area (Å²) in [5.74, 6) is -34.6. The molecule has 180 valence electrons. The Morgan fingerprint density at radius 3 is 1.03 bits per heavy atom. The highest BCUT2D eigenvalue weighted by Gasteiger charge is 2.83. The molecule has 0 bridgehead atoms. The van der Waals surface area contributed by atoms with Crippen molar-refractivity contribution in [3.8, 4) is 0 Å². The van der Waals surface area contributed by atoms with Gasteiger partial charge in [0.15, 0.2) is 64.7 Å². The van der Waals surface area contributed by atoms with Gasteiger partial charge in [0.1, 0.15) is 0 Å². The van der Waals surface area contributed by atoms with Crippen molar-refractivity contribution in [1.82, 2.24) is 0 Å². The Labute approximate surface area is 164 Å². The lowest BCUT2D eigenvalue weighted by Crippen LogP contribution is -2.66. The van der Waals surface area contributed by atoms with E-state index < -0.39 is 87.9 Å². The zero-order chi connectivity index (χ0) is 25.4. The first-order valence-electron chi connectivity index (χ1n) is 7.44. The predicted molar refractivity (Wildman–Crippen MR) is 68.7 cm³/mol. The molecule has 17 heteroatoms. The van der Waals surface area contributed by atoms with Crippen molar-refractivity contribution in [3.63, 3.8) is 0 Å². The summed E-state index contributed by atoms with van der Waals surface area (Å²) in [6.45, 7) is 0. The molecule has 0 N–H and O–H groups in total. The second-order valence-electron chi connectivity index (χ2n) is 6.25. The molecule has 1 nitrogen and oxygen atoms in total. The number of carbonyl (C=O) groups is 1. The van der Waals surface area contributed by atoms with Crippen molar-refractivity contribution in [2.45, 2.75) is 24.7 Å². The number of alkyl halides is 8. The molecule has 0 amide bonds. The Bertz CT molecular complexity index is 916. The van der Waals surface area contributed by atoms with E-state index in [2.05, 4.69) is 0 Å². The summed E-state index contributed by atoms with van der Waals surface area (Å²) in [5, 5.41) is 0. The topological polar surface area (TPSA) is 17.1 Å². The molecular formula is C15H2F16O. The molecular weight excluding hydrogens is 500 g/mol. The summed E-state index contributed by atoms with van der Waals surface area (Å²) in [6, 6.07) is 0. The van der Waals surface area contributed by atoms with Gasteiger partial charge in [0.25, 0.3) is 0 Å². The lowest BCUT2D eigenvalue weighted by atomic mass is 9.60. The van der Waals surface area contributed by atoms with E-state index in [1.807, 2.05) is 0 Å². The van der Waals surface area contributed by atoms with Crippen LogP contribution in [0.15, 0.2) is 46.6 Å². The summed E-state index contributed by atoms with van der Waals surface area (Å²) in [7, 11) is 0. The van der Waals surface area contributed by atoms with Crippen LogP contribution in [0.1, 0.15) is 0 Å². The number of ketones is 1. The van der Waals surface area contributed by atoms with Crippen molar-refractivity contribution in [2.24, 2.45) is 10.8 Å². The van der Waals surface area contributed by atoms with Gasteiger partial charge in [-0.25, -0.2) is 43.9 Å². The van der Waals surface area contributed by atoms with Crippen LogP contribution in [0, 0.1) is 10.8 Å². The van der Waals surface area contributed by atoms with Gasteiger partial charge < -0.3 is 0 Å². The fourth-order valence-corrected chi connectivity index (χ4v) is 3.11. The number of halogens is 16. The second kappa shape index (κ2) is 7.26. The summed E-state index contributed by atoms with van der Waals surface area (Å²) >= 11 is 0. The van der Waals surface area contributed by atoms with Crippen molar-refractivity contribution in [2.75, 3.05) is 0 Å². The molecule has 0 fully saturated rings. The van der Waals surface area contributed by atoms with Gasteiger partial charge in [0, 0.05) is 0 Å². The minimum atomic E-state index is -7.28. The first-order chi connectivity index (χ1) is 14.2. The van der Waals surface area contributed by atoms with E-state index in [4.69, 9.17) is 0 Å². The van der Waals surface area contributed by atoms with Gasteiger partial charge >= 0.3 is 12.4 Å². The van der Waals surface area contributed by atoms with Crippen molar-refractivity contribution >= 4 is 5.78 Å². The third-order valence-corrected chi connectivity index (χ3v) is 4.70. The van der Waals surface area contributed by atoms with Crippen LogP contribution in [0.5, 0.6) is 0 Å². The molecule has 32 heavy (non-hydrogen) atoms. The first-order valence-corrected chi connectivity index (χ1v) is 7.44. The van der Waals surface area contributed by atoms with Crippen LogP contribution >= 0.6 is 0 Å². The number of Topliss-reactive ketones (excluding diaryl/α,β-unsaturated/α-hetero) is 1. The molecule has 0 aromatic heterocycles. The minimum absolute atomic E-state index is 3.40. The summed E-state index contributed by atoms with van der Waals surface area (Å²) in [5.41, 5.74) is -13.1. The van der Waals surface area contributed by atoms with Crippen molar-refractivity contribution in [1.29, 1.82) is 0 Å². The van der Waals surface area contributed by atoms with Crippen LogP contribution in [0.3, 0.4) is 0 Å². The number of hydrogen-bond acceptors (Lipinski definition) is 1. The molecule has 0 saturated carbocycles. The normalized spacial score (nSPS) is 32.9. The van der Waals surface area contributed by atoms with E-state index in [1.165, 1.54) is 0 Å². The maximum atomic E-state index is 14.2. The smallest absolute Gasteiger partial charge is 0.296 e. The standard InChI is InChI=1S/C15H2F16O/c16-1-3(18)7(22)12(14(26,27)28,8(23)4(1)19)11(32)13(15(29,30)31)9(24)5(20)2(17)6(21)10(13)25/h7,9H. The van der Waals surface area contributed by atoms with Gasteiger partial charge in [-0.05, 0) is 0 Å². The van der Waals surface area contributed by atoms with E-state index >= 15 is 0 Å². The van der Waals surface area contributed by atoms with Crippen LogP contribution in [-0.2, 0) is 4.79 Å². The average Bonchev–Trinajstić information content (AvgIpc) is 2.66. The Balaban J connectivity index is 3.12. The maximum absolute atomic E-state index is 14.2. The molecule has 4 unspecified atom stereocenters. The first kappa shape index (κ1) is 25.8. The van der Waals surface area contributed by atoms with Crippen molar-refractivity contribution < 1.29 is 75.0 Å². The highest BCUT2D eigenvalue weighted by Crippen LogP contribution is 2.65. The Morgan fingerprint density at radius 2 is 0.812 bits per heavy atom. The predicted octanol–water partition coefficient (Wildman–Crippen LogP) is 6.96. The monoisotopic (exact) mass is 502 g/mol. The number of carbonyl (C=O) groups excluding carboxylic acids is 1. The number of allylic oxidation sites excluding steroid dienone is 8. The molecule has 0 aromatic rings. The Morgan fingerprint density at radius 1 is 0.562 bits per heavy atom. The SMILES string of the molecule is O=C(C1(C(F)(F)F)C(F)=C(F)C(F)=C(F)C1F)C1(C(F)(F)F)C(F)=C(F)C(F)=C(F)C1F. The zero-order valence-corrected chi connectivity index (χ0v) is 14.1. The van der Waals surface area contributed by atoms with E-state index in [1.54, 1.807) is 0 Å². The van der Waals surface area contributed by atoms with E-state index in [-0.39, 0.29) is 0 Å². The van der Waals surface area contributed by atoms with Gasteiger partial charge in [0.05, 0.1) is 0 Å². The van der Waals surface area contributed by atoms with Crippen molar-refractivity contribution in [3.05, 3.63) is 46.6 Å². The number of rotatable bonds is 2. The average molecular weight is 502 g/mol. The largest absolute Gasteiger partial charge is 0.411 e. The summed E-state index contributed by atoms with van der Waals surface area (Å²) in [6.07, 6.45) is -25.2. The zero-order valence-electron chi connectivity index (χ0n) is 14.1. The molecule has 0 radical (unpaired) electrons. The van der Waals surface area contributed by atoms with Crippen LogP contribution < -0.4 is 0 Å². The minimum Gasteiger partial charge on any atom is -0.296 e. The van der Waals surface area contributed by atoms with Gasteiger partial charge in [0.2, 0.25) is 10.8 Å². The quantitative estimate of drug-likeness (QED) is 0.374. The maximum Gasteiger partial charge on any atom is 0.411 e. The Hall–Kier alpha value is -2.49. The molecule has 0 saturated heterocycles. The molecule has 0 heterocycles. The van der Waals surface area contributed by atoms with Gasteiger partial charge in [-0.3, -0.25) is 4.79 Å². The summed E-state index contributed by atoms with van der Waals surface area (Å²) < 4.78 is 218. The second-order valence-corrected chi connectivity index (χ2v) is 6.25. The number of hydrogen-bond donors (Lipinski definition) is 0. The van der Waals surface area contributed by atoms with Crippen LogP contribution in [-0.4, -0.2) is 30.5 Å². The molecule has 0 spiro atoms. The van der Waals surface area contributed by atoms with Gasteiger partial charge in [-0.2, -0.15) is 26.3 Å². The highest BCUT2D eigenvalue weighted by molar-refractivity contribution is 5.99. The van der Waals surface area contributed by atoms with Gasteiger partial charge in [-0.1, -0.05) is 0 Å². The third kappa shape index (κ3) is 2.77.